The van der Waals surface area contributed by atoms with Crippen LogP contribution in [0.1, 0.15) is 11.1 Å². The maximum atomic E-state index is 10.9. The summed E-state index contributed by atoms with van der Waals surface area (Å²) in [4.78, 5) is 14.5. The summed E-state index contributed by atoms with van der Waals surface area (Å²) < 4.78 is 4.97. The van der Waals surface area contributed by atoms with Crippen molar-refractivity contribution in [2.75, 3.05) is 7.11 Å². The van der Waals surface area contributed by atoms with Gasteiger partial charge in [0.2, 0.25) is 0 Å². The summed E-state index contributed by atoms with van der Waals surface area (Å²) in [5, 5.41) is 14.1. The van der Waals surface area contributed by atoms with E-state index >= 15 is 0 Å². The monoisotopic (exact) mass is 273 g/mol. The van der Waals surface area contributed by atoms with Crippen LogP contribution in [0.5, 0.6) is 5.75 Å². The summed E-state index contributed by atoms with van der Waals surface area (Å²) in [5.41, 5.74) is 1.88. The lowest BCUT2D eigenvalue weighted by Gasteiger charge is -2.06. The van der Waals surface area contributed by atoms with Crippen molar-refractivity contribution >= 4 is 5.69 Å². The number of rotatable bonds is 6. The van der Waals surface area contributed by atoms with Crippen LogP contribution in [0.3, 0.4) is 0 Å². The van der Waals surface area contributed by atoms with Gasteiger partial charge in [0, 0.05) is 31.5 Å². The Balaban J connectivity index is 1.99. The summed E-state index contributed by atoms with van der Waals surface area (Å²) in [5.74, 6) is 0.269. The van der Waals surface area contributed by atoms with Crippen LogP contribution in [-0.4, -0.2) is 17.0 Å². The Labute approximate surface area is 116 Å². The van der Waals surface area contributed by atoms with Gasteiger partial charge >= 0.3 is 5.69 Å². The van der Waals surface area contributed by atoms with Crippen LogP contribution < -0.4 is 10.1 Å². The molecule has 6 nitrogen and oxygen atoms in total. The van der Waals surface area contributed by atoms with Crippen LogP contribution >= 0.6 is 0 Å². The normalized spacial score (nSPS) is 10.2. The number of hydrogen-bond donors (Lipinski definition) is 1. The minimum atomic E-state index is -0.441. The Morgan fingerprint density at radius 3 is 2.75 bits per heavy atom. The highest BCUT2D eigenvalue weighted by molar-refractivity contribution is 5.48. The molecule has 1 aromatic carbocycles. The first kappa shape index (κ1) is 14.0. The number of nitro groups is 1. The average molecular weight is 273 g/mol. The number of benzene rings is 1. The lowest BCUT2D eigenvalue weighted by atomic mass is 10.2. The first-order valence-corrected chi connectivity index (χ1v) is 6.11. The number of ether oxygens (including phenoxy) is 1. The lowest BCUT2D eigenvalue weighted by molar-refractivity contribution is -0.385. The van der Waals surface area contributed by atoms with E-state index in [1.54, 1.807) is 18.5 Å². The third-order valence-electron chi connectivity index (χ3n) is 2.82. The summed E-state index contributed by atoms with van der Waals surface area (Å²) in [6.45, 7) is 1.20. The van der Waals surface area contributed by atoms with Gasteiger partial charge in [-0.15, -0.1) is 0 Å². The first-order chi connectivity index (χ1) is 9.70. The predicted molar refractivity (Wildman–Crippen MR) is 74.4 cm³/mol. The van der Waals surface area contributed by atoms with Gasteiger partial charge in [-0.25, -0.2) is 0 Å². The largest absolute Gasteiger partial charge is 0.490 e. The van der Waals surface area contributed by atoms with Gasteiger partial charge in [0.05, 0.1) is 12.0 Å². The molecule has 1 aromatic heterocycles. The van der Waals surface area contributed by atoms with Crippen LogP contribution in [0.2, 0.25) is 0 Å². The van der Waals surface area contributed by atoms with E-state index in [0.29, 0.717) is 13.1 Å². The quantitative estimate of drug-likeness (QED) is 0.645. The molecule has 0 saturated carbocycles. The van der Waals surface area contributed by atoms with E-state index in [0.717, 1.165) is 11.1 Å². The maximum absolute atomic E-state index is 10.9. The molecule has 1 N–H and O–H groups in total. The maximum Gasteiger partial charge on any atom is 0.311 e. The molecule has 0 aliphatic heterocycles. The second-order valence-electron chi connectivity index (χ2n) is 4.23. The number of nitro benzene ring substituents is 1. The molecular formula is C14H15N3O3. The molecule has 20 heavy (non-hydrogen) atoms. The van der Waals surface area contributed by atoms with Crippen molar-refractivity contribution in [1.29, 1.82) is 0 Å². The number of nitrogens with one attached hydrogen (secondary N) is 1. The second kappa shape index (κ2) is 6.63. The van der Waals surface area contributed by atoms with E-state index in [-0.39, 0.29) is 11.4 Å². The zero-order valence-corrected chi connectivity index (χ0v) is 11.1. The number of hydrogen-bond acceptors (Lipinski definition) is 5. The molecule has 0 aliphatic carbocycles. The molecule has 0 radical (unpaired) electrons. The molecule has 0 aliphatic rings. The van der Waals surface area contributed by atoms with E-state index in [1.165, 1.54) is 13.2 Å². The van der Waals surface area contributed by atoms with Gasteiger partial charge in [0.25, 0.3) is 0 Å². The third-order valence-corrected chi connectivity index (χ3v) is 2.82. The molecule has 0 fully saturated rings. The van der Waals surface area contributed by atoms with Crippen molar-refractivity contribution in [2.24, 2.45) is 0 Å². The lowest BCUT2D eigenvalue weighted by Crippen LogP contribution is -2.13. The van der Waals surface area contributed by atoms with Crippen molar-refractivity contribution in [3.05, 3.63) is 64.0 Å². The van der Waals surface area contributed by atoms with Gasteiger partial charge in [0.1, 0.15) is 0 Å². The van der Waals surface area contributed by atoms with E-state index in [1.807, 2.05) is 18.2 Å². The van der Waals surface area contributed by atoms with Crippen molar-refractivity contribution in [3.63, 3.8) is 0 Å². The fraction of sp³-hybridized carbons (Fsp3) is 0.214. The summed E-state index contributed by atoms with van der Waals surface area (Å²) in [6.07, 6.45) is 3.50. The van der Waals surface area contributed by atoms with Crippen molar-refractivity contribution < 1.29 is 9.66 Å². The van der Waals surface area contributed by atoms with E-state index in [4.69, 9.17) is 4.74 Å². The Bertz CT molecular complexity index is 587. The van der Waals surface area contributed by atoms with Crippen LogP contribution in [0.25, 0.3) is 0 Å². The zero-order valence-electron chi connectivity index (χ0n) is 11.1. The third kappa shape index (κ3) is 3.52. The molecule has 1 heterocycles. The van der Waals surface area contributed by atoms with E-state index in [2.05, 4.69) is 10.3 Å². The molecule has 104 valence electrons. The predicted octanol–water partition coefficient (Wildman–Crippen LogP) is 2.29. The van der Waals surface area contributed by atoms with Crippen LogP contribution in [0.15, 0.2) is 42.7 Å². The fourth-order valence-electron chi connectivity index (χ4n) is 1.84. The first-order valence-electron chi connectivity index (χ1n) is 6.11. The Kier molecular flexibility index (Phi) is 4.62. The van der Waals surface area contributed by atoms with Crippen LogP contribution in [0.4, 0.5) is 5.69 Å². The number of aromatic nitrogens is 1. The van der Waals surface area contributed by atoms with Crippen molar-refractivity contribution in [1.82, 2.24) is 10.3 Å². The van der Waals surface area contributed by atoms with Crippen LogP contribution in [-0.2, 0) is 13.1 Å². The van der Waals surface area contributed by atoms with E-state index in [9.17, 15) is 10.1 Å². The minimum absolute atomic E-state index is 0.0202. The van der Waals surface area contributed by atoms with Crippen LogP contribution in [0, 0.1) is 10.1 Å². The second-order valence-corrected chi connectivity index (χ2v) is 4.23. The summed E-state index contributed by atoms with van der Waals surface area (Å²) >= 11 is 0. The van der Waals surface area contributed by atoms with Gasteiger partial charge < -0.3 is 10.1 Å². The summed E-state index contributed by atoms with van der Waals surface area (Å²) in [7, 11) is 1.42. The standard InChI is InChI=1S/C14H15N3O3/c1-20-14-5-4-11(7-13(14)17(18)19)8-16-10-12-3-2-6-15-9-12/h2-7,9,16H,8,10H2,1H3. The van der Waals surface area contributed by atoms with Gasteiger partial charge in [-0.3, -0.25) is 15.1 Å². The van der Waals surface area contributed by atoms with Crippen molar-refractivity contribution in [3.8, 4) is 5.75 Å². The van der Waals surface area contributed by atoms with E-state index < -0.39 is 4.92 Å². The molecule has 0 unspecified atom stereocenters. The highest BCUT2D eigenvalue weighted by atomic mass is 16.6. The van der Waals surface area contributed by atoms with Gasteiger partial charge in [-0.05, 0) is 23.3 Å². The van der Waals surface area contributed by atoms with Gasteiger partial charge in [-0.1, -0.05) is 12.1 Å². The Morgan fingerprint density at radius 1 is 1.30 bits per heavy atom. The molecule has 0 atom stereocenters. The molecule has 6 heteroatoms. The SMILES string of the molecule is COc1ccc(CNCc2cccnc2)cc1[N+](=O)[O-]. The molecule has 0 spiro atoms. The van der Waals surface area contributed by atoms with Crippen molar-refractivity contribution in [2.45, 2.75) is 13.1 Å². The molecule has 0 amide bonds. The molecule has 0 bridgehead atoms. The average Bonchev–Trinajstić information content (AvgIpc) is 2.48. The molecule has 2 rings (SSSR count). The molecular weight excluding hydrogens is 258 g/mol. The van der Waals surface area contributed by atoms with Gasteiger partial charge in [-0.2, -0.15) is 0 Å². The number of nitrogens with zero attached hydrogens (tertiary/aromatic N) is 2. The molecule has 2 aromatic rings. The zero-order chi connectivity index (χ0) is 14.4. The topological polar surface area (TPSA) is 77.3 Å². The van der Waals surface area contributed by atoms with Gasteiger partial charge in [0.15, 0.2) is 5.75 Å². The molecule has 0 saturated heterocycles. The highest BCUT2D eigenvalue weighted by Gasteiger charge is 2.14. The number of pyridine rings is 1. The number of methoxy groups -OCH3 is 1. The highest BCUT2D eigenvalue weighted by Crippen LogP contribution is 2.27. The smallest absolute Gasteiger partial charge is 0.311 e. The summed E-state index contributed by atoms with van der Waals surface area (Å²) in [6, 6.07) is 8.78. The fourth-order valence-corrected chi connectivity index (χ4v) is 1.84. The Morgan fingerprint density at radius 2 is 2.10 bits per heavy atom. The minimum Gasteiger partial charge on any atom is -0.490 e. The Hall–Kier alpha value is -2.47.